The summed E-state index contributed by atoms with van der Waals surface area (Å²) in [4.78, 5) is 11.7. The number of nitrogens with one attached hydrogen (secondary N) is 2. The van der Waals surface area contributed by atoms with Gasteiger partial charge in [-0.1, -0.05) is 6.07 Å². The number of furan rings is 1. The van der Waals surface area contributed by atoms with Crippen LogP contribution >= 0.6 is 0 Å². The van der Waals surface area contributed by atoms with Crippen molar-refractivity contribution in [3.8, 4) is 5.75 Å². The number of aryl methyl sites for hydroxylation is 2. The van der Waals surface area contributed by atoms with Gasteiger partial charge in [-0.2, -0.15) is 0 Å². The van der Waals surface area contributed by atoms with E-state index in [-0.39, 0.29) is 17.5 Å². The highest BCUT2D eigenvalue weighted by Crippen LogP contribution is 2.25. The van der Waals surface area contributed by atoms with Crippen molar-refractivity contribution in [2.24, 2.45) is 5.73 Å². The fraction of sp³-hybridized carbons (Fsp3) is 0.273. The van der Waals surface area contributed by atoms with Gasteiger partial charge in [-0.3, -0.25) is 5.41 Å². The number of ether oxygens (including phenoxy) is 1. The Morgan fingerprint density at radius 2 is 2.10 bits per heavy atom. The molecule has 0 saturated carbocycles. The van der Waals surface area contributed by atoms with Crippen molar-refractivity contribution in [1.29, 1.82) is 5.41 Å². The first-order valence-electron chi connectivity index (χ1n) is 9.60. The van der Waals surface area contributed by atoms with Crippen LogP contribution in [0.2, 0.25) is 0 Å². The molecular weight excluding hydrogens is 370 g/mol. The first-order valence-corrected chi connectivity index (χ1v) is 9.60. The Bertz CT molecular complexity index is 1070. The number of hydrogen-bond donors (Lipinski definition) is 4. The quantitative estimate of drug-likeness (QED) is 0.362. The molecule has 7 heteroatoms. The molecule has 2 aromatic carbocycles. The van der Waals surface area contributed by atoms with Crippen LogP contribution in [0.4, 0.5) is 0 Å². The first-order chi connectivity index (χ1) is 14.0. The summed E-state index contributed by atoms with van der Waals surface area (Å²) in [5.41, 5.74) is 7.89. The van der Waals surface area contributed by atoms with Gasteiger partial charge < -0.3 is 25.3 Å². The van der Waals surface area contributed by atoms with Gasteiger partial charge in [-0.05, 0) is 61.3 Å². The van der Waals surface area contributed by atoms with Gasteiger partial charge in [-0.25, -0.2) is 4.79 Å². The topological polar surface area (TPSA) is 122 Å². The molecule has 2 heterocycles. The number of hydrogen-bond acceptors (Lipinski definition) is 5. The molecule has 1 fully saturated rings. The molecule has 0 amide bonds. The van der Waals surface area contributed by atoms with Gasteiger partial charge in [0, 0.05) is 23.9 Å². The van der Waals surface area contributed by atoms with Gasteiger partial charge in [0.1, 0.15) is 29.0 Å². The van der Waals surface area contributed by atoms with Crippen LogP contribution in [0.15, 0.2) is 46.9 Å². The lowest BCUT2D eigenvalue weighted by atomic mass is 10.0. The molecule has 0 bridgehead atoms. The Balaban J connectivity index is 1.50. The van der Waals surface area contributed by atoms with Crippen LogP contribution in [0.5, 0.6) is 5.75 Å². The average molecular weight is 393 g/mol. The lowest BCUT2D eigenvalue weighted by Gasteiger charge is -2.14. The second kappa shape index (κ2) is 7.97. The van der Waals surface area contributed by atoms with Crippen molar-refractivity contribution in [3.05, 3.63) is 64.9 Å². The molecule has 1 aliphatic rings. The summed E-state index contributed by atoms with van der Waals surface area (Å²) in [5.74, 6) is 0.386. The van der Waals surface area contributed by atoms with Crippen molar-refractivity contribution >= 4 is 22.8 Å². The molecular formula is C22H23N3O4. The van der Waals surface area contributed by atoms with E-state index in [0.29, 0.717) is 24.2 Å². The average Bonchev–Trinajstić information content (AvgIpc) is 3.35. The van der Waals surface area contributed by atoms with E-state index in [1.807, 2.05) is 24.3 Å². The maximum Gasteiger partial charge on any atom is 0.336 e. The van der Waals surface area contributed by atoms with Crippen LogP contribution in [0.1, 0.15) is 33.7 Å². The first kappa shape index (κ1) is 19.0. The normalized spacial score (nSPS) is 16.2. The van der Waals surface area contributed by atoms with E-state index in [2.05, 4.69) is 5.32 Å². The summed E-state index contributed by atoms with van der Waals surface area (Å²) in [6.07, 6.45) is 2.10. The van der Waals surface area contributed by atoms with Crippen LogP contribution < -0.4 is 15.8 Å². The monoisotopic (exact) mass is 393 g/mol. The smallest absolute Gasteiger partial charge is 0.336 e. The van der Waals surface area contributed by atoms with Crippen LogP contribution in [0, 0.1) is 5.41 Å². The zero-order valence-corrected chi connectivity index (χ0v) is 15.9. The predicted molar refractivity (Wildman–Crippen MR) is 110 cm³/mol. The lowest BCUT2D eigenvalue weighted by Crippen LogP contribution is -2.19. The van der Waals surface area contributed by atoms with E-state index in [9.17, 15) is 9.90 Å². The summed E-state index contributed by atoms with van der Waals surface area (Å²) in [5, 5.41) is 21.3. The molecule has 5 N–H and O–H groups in total. The van der Waals surface area contributed by atoms with Crippen molar-refractivity contribution in [3.63, 3.8) is 0 Å². The molecule has 0 spiro atoms. The van der Waals surface area contributed by atoms with E-state index in [1.165, 1.54) is 0 Å². The number of nitrogen functional groups attached to an aromatic ring is 1. The number of carboxylic acid groups (broad SMARTS) is 1. The number of aromatic carboxylic acids is 1. The molecule has 7 nitrogen and oxygen atoms in total. The molecule has 4 rings (SSSR count). The number of carbonyl (C=O) groups is 1. The highest BCUT2D eigenvalue weighted by Gasteiger charge is 2.18. The summed E-state index contributed by atoms with van der Waals surface area (Å²) in [6.45, 7) is 1.70. The third-order valence-corrected chi connectivity index (χ3v) is 5.15. The Hall–Kier alpha value is -3.32. The highest BCUT2D eigenvalue weighted by atomic mass is 16.5. The van der Waals surface area contributed by atoms with Gasteiger partial charge in [-0.15, -0.1) is 0 Å². The molecule has 1 atom stereocenters. The van der Waals surface area contributed by atoms with E-state index < -0.39 is 5.97 Å². The zero-order chi connectivity index (χ0) is 20.4. The Labute approximate surface area is 168 Å². The number of benzene rings is 2. The summed E-state index contributed by atoms with van der Waals surface area (Å²) >= 11 is 0. The SMILES string of the molecule is N=C(N)c1ccc2oc(CCc3ccc(O[C@H]4CCNC4)cc3C(=O)O)cc2c1. The minimum Gasteiger partial charge on any atom is -0.489 e. The maximum atomic E-state index is 11.7. The van der Waals surface area contributed by atoms with Gasteiger partial charge in [0.05, 0.1) is 5.56 Å². The predicted octanol–water partition coefficient (Wildman–Crippen LogP) is 2.94. The van der Waals surface area contributed by atoms with Crippen LogP contribution in [-0.2, 0) is 12.8 Å². The van der Waals surface area contributed by atoms with Crippen molar-refractivity contribution < 1.29 is 19.1 Å². The van der Waals surface area contributed by atoms with Crippen molar-refractivity contribution in [1.82, 2.24) is 5.32 Å². The molecule has 29 heavy (non-hydrogen) atoms. The number of rotatable bonds is 7. The molecule has 1 aromatic heterocycles. The van der Waals surface area contributed by atoms with E-state index in [1.54, 1.807) is 18.2 Å². The van der Waals surface area contributed by atoms with Gasteiger partial charge in [0.15, 0.2) is 0 Å². The van der Waals surface area contributed by atoms with Crippen molar-refractivity contribution in [2.45, 2.75) is 25.4 Å². The van der Waals surface area contributed by atoms with E-state index in [0.717, 1.165) is 41.8 Å². The van der Waals surface area contributed by atoms with Gasteiger partial charge in [0.25, 0.3) is 0 Å². The number of fused-ring (bicyclic) bond motifs is 1. The third kappa shape index (κ3) is 4.25. The van der Waals surface area contributed by atoms with E-state index >= 15 is 0 Å². The minimum atomic E-state index is -0.967. The standard InChI is InChI=1S/C22H23N3O4/c23-21(24)14-3-6-20-15(9-14)10-16(29-20)4-1-13-2-5-17(11-19(13)22(26)27)28-18-7-8-25-12-18/h2-3,5-6,9-11,18,25H,1,4,7-8,12H2,(H3,23,24)(H,26,27)/t18-/m0/s1. The molecule has 0 radical (unpaired) electrons. The minimum absolute atomic E-state index is 0.0106. The third-order valence-electron chi connectivity index (χ3n) is 5.15. The zero-order valence-electron chi connectivity index (χ0n) is 15.9. The Morgan fingerprint density at radius 1 is 1.24 bits per heavy atom. The number of amidine groups is 1. The second-order valence-corrected chi connectivity index (χ2v) is 7.24. The van der Waals surface area contributed by atoms with Crippen LogP contribution in [-0.4, -0.2) is 36.1 Å². The van der Waals surface area contributed by atoms with Gasteiger partial charge in [0.2, 0.25) is 0 Å². The summed E-state index contributed by atoms with van der Waals surface area (Å²) < 4.78 is 11.7. The molecule has 1 aliphatic heterocycles. The van der Waals surface area contributed by atoms with Gasteiger partial charge >= 0.3 is 5.97 Å². The molecule has 0 unspecified atom stereocenters. The Kier molecular flexibility index (Phi) is 5.22. The van der Waals surface area contributed by atoms with Crippen molar-refractivity contribution in [2.75, 3.05) is 13.1 Å². The fourth-order valence-corrected chi connectivity index (χ4v) is 3.61. The molecule has 0 aliphatic carbocycles. The van der Waals surface area contributed by atoms with Crippen LogP contribution in [0.25, 0.3) is 11.0 Å². The molecule has 150 valence electrons. The molecule has 3 aromatic rings. The number of nitrogens with two attached hydrogens (primary N) is 1. The summed E-state index contributed by atoms with van der Waals surface area (Å²) in [6, 6.07) is 12.5. The Morgan fingerprint density at radius 3 is 2.83 bits per heavy atom. The van der Waals surface area contributed by atoms with Crippen LogP contribution in [0.3, 0.4) is 0 Å². The van der Waals surface area contributed by atoms with E-state index in [4.69, 9.17) is 20.3 Å². The lowest BCUT2D eigenvalue weighted by molar-refractivity contribution is 0.0694. The number of carboxylic acids is 1. The fourth-order valence-electron chi connectivity index (χ4n) is 3.61. The second-order valence-electron chi connectivity index (χ2n) is 7.24. The maximum absolute atomic E-state index is 11.7. The highest BCUT2D eigenvalue weighted by molar-refractivity contribution is 5.98. The summed E-state index contributed by atoms with van der Waals surface area (Å²) in [7, 11) is 0. The molecule has 1 saturated heterocycles. The largest absolute Gasteiger partial charge is 0.489 e.